The number of phenolic OH excluding ortho intramolecular Hbond substituents is 1. The number of carbonyl (C=O) groups excluding carboxylic acids is 1. The molecule has 0 aliphatic carbocycles. The first-order valence-corrected chi connectivity index (χ1v) is 4.52. The van der Waals surface area contributed by atoms with Gasteiger partial charge in [-0.3, -0.25) is 0 Å². The van der Waals surface area contributed by atoms with E-state index in [2.05, 4.69) is 0 Å². The van der Waals surface area contributed by atoms with Gasteiger partial charge in [0.1, 0.15) is 11.3 Å². The smallest absolute Gasteiger partial charge is 0.550 e. The molecule has 17 heavy (non-hydrogen) atoms. The number of rotatable bonds is 2. The van der Waals surface area contributed by atoms with E-state index in [9.17, 15) is 19.8 Å². The summed E-state index contributed by atoms with van der Waals surface area (Å²) in [5.74, 6) is -1.33. The number of aromatic hydroxyl groups is 1. The molecule has 1 heterocycles. The Morgan fingerprint density at radius 3 is 2.71 bits per heavy atom. The summed E-state index contributed by atoms with van der Waals surface area (Å²) >= 11 is 0. The monoisotopic (exact) mass is 242 g/mol. The molecule has 0 saturated heterocycles. The number of carbonyl (C=O) groups is 1. The molecule has 2 rings (SSSR count). The van der Waals surface area contributed by atoms with Crippen LogP contribution < -0.4 is 40.3 Å². The standard InChI is InChI=1S/C11H8O5.Na/c12-7-1-2-8-6(3-10(13)14)4-11(15)16-9(8)5-7;/h1-2,4-5,12H,3H2,(H,13,14);/q;+1/p-1. The molecule has 0 spiro atoms. The number of carboxylic acid groups (broad SMARTS) is 1. The average Bonchev–Trinajstić information content (AvgIpc) is 2.15. The largest absolute Gasteiger partial charge is 1.00 e. The molecule has 0 aliphatic rings. The summed E-state index contributed by atoms with van der Waals surface area (Å²) in [6.45, 7) is 0. The molecule has 0 saturated carbocycles. The molecule has 0 bridgehead atoms. The van der Waals surface area contributed by atoms with Crippen molar-refractivity contribution in [2.75, 3.05) is 0 Å². The van der Waals surface area contributed by atoms with Crippen LogP contribution >= 0.6 is 0 Å². The minimum Gasteiger partial charge on any atom is -0.550 e. The van der Waals surface area contributed by atoms with Gasteiger partial charge < -0.3 is 19.4 Å². The van der Waals surface area contributed by atoms with Crippen LogP contribution in [0.5, 0.6) is 5.75 Å². The maximum Gasteiger partial charge on any atom is 1.00 e. The van der Waals surface area contributed by atoms with Crippen molar-refractivity contribution >= 4 is 16.9 Å². The van der Waals surface area contributed by atoms with Crippen molar-refractivity contribution in [3.05, 3.63) is 40.2 Å². The molecule has 82 valence electrons. The van der Waals surface area contributed by atoms with Crippen LogP contribution in [0.3, 0.4) is 0 Å². The number of carboxylic acids is 1. The van der Waals surface area contributed by atoms with Crippen LogP contribution in [0.2, 0.25) is 0 Å². The van der Waals surface area contributed by atoms with Crippen molar-refractivity contribution in [3.8, 4) is 5.75 Å². The second-order valence-corrected chi connectivity index (χ2v) is 3.32. The quantitative estimate of drug-likeness (QED) is 0.442. The predicted octanol–water partition coefficient (Wildman–Crippen LogP) is -3.21. The molecular formula is C11H7NaO5. The van der Waals surface area contributed by atoms with Crippen LogP contribution in [-0.4, -0.2) is 11.1 Å². The van der Waals surface area contributed by atoms with E-state index in [-0.39, 0.29) is 47.3 Å². The van der Waals surface area contributed by atoms with Crippen molar-refractivity contribution < 1.29 is 49.0 Å². The maximum absolute atomic E-state index is 11.1. The molecule has 5 nitrogen and oxygen atoms in total. The van der Waals surface area contributed by atoms with Crippen LogP contribution in [-0.2, 0) is 11.2 Å². The van der Waals surface area contributed by atoms with Gasteiger partial charge in [-0.15, -0.1) is 0 Å². The Morgan fingerprint density at radius 1 is 1.35 bits per heavy atom. The average molecular weight is 242 g/mol. The van der Waals surface area contributed by atoms with Gasteiger partial charge in [0.25, 0.3) is 0 Å². The van der Waals surface area contributed by atoms with Gasteiger partial charge in [-0.25, -0.2) is 4.79 Å². The first-order valence-electron chi connectivity index (χ1n) is 4.52. The molecule has 0 atom stereocenters. The molecule has 1 N–H and O–H groups in total. The molecule has 1 aromatic carbocycles. The summed E-state index contributed by atoms with van der Waals surface area (Å²) in [4.78, 5) is 21.6. The van der Waals surface area contributed by atoms with Crippen LogP contribution in [0.1, 0.15) is 5.56 Å². The molecule has 6 heteroatoms. The van der Waals surface area contributed by atoms with Gasteiger partial charge >= 0.3 is 35.2 Å². The summed E-state index contributed by atoms with van der Waals surface area (Å²) in [6, 6.07) is 5.25. The molecular weight excluding hydrogens is 235 g/mol. The molecule has 0 amide bonds. The third-order valence-electron chi connectivity index (χ3n) is 2.15. The minimum absolute atomic E-state index is 0. The van der Waals surface area contributed by atoms with Crippen molar-refractivity contribution in [2.45, 2.75) is 6.42 Å². The number of benzene rings is 1. The summed E-state index contributed by atoms with van der Waals surface area (Å²) < 4.78 is 4.84. The normalized spacial score (nSPS) is 9.88. The number of aliphatic carboxylic acids is 1. The summed E-state index contributed by atoms with van der Waals surface area (Å²) in [5, 5.41) is 20.2. The minimum atomic E-state index is -1.28. The van der Waals surface area contributed by atoms with Gasteiger partial charge in [-0.05, 0) is 17.7 Å². The third kappa shape index (κ3) is 3.09. The summed E-state index contributed by atoms with van der Waals surface area (Å²) in [6.07, 6.45) is -0.368. The van der Waals surface area contributed by atoms with Crippen LogP contribution in [0.25, 0.3) is 11.0 Å². The Kier molecular flexibility index (Phi) is 4.34. The molecule has 0 unspecified atom stereocenters. The van der Waals surface area contributed by atoms with Gasteiger partial charge in [0.15, 0.2) is 0 Å². The molecule has 0 radical (unpaired) electrons. The SMILES string of the molecule is O=C([O-])Cc1cc(=O)oc2cc(O)ccc12.[Na+]. The van der Waals surface area contributed by atoms with E-state index < -0.39 is 11.6 Å². The second-order valence-electron chi connectivity index (χ2n) is 3.32. The van der Waals surface area contributed by atoms with Crippen LogP contribution in [0.15, 0.2) is 33.5 Å². The van der Waals surface area contributed by atoms with E-state index in [1.165, 1.54) is 18.2 Å². The number of phenols is 1. The zero-order valence-electron chi connectivity index (χ0n) is 9.10. The zero-order chi connectivity index (χ0) is 11.7. The van der Waals surface area contributed by atoms with E-state index in [0.717, 1.165) is 6.07 Å². The van der Waals surface area contributed by atoms with Gasteiger partial charge in [-0.2, -0.15) is 0 Å². The number of hydrogen-bond donors (Lipinski definition) is 1. The Labute approximate surface area is 118 Å². The van der Waals surface area contributed by atoms with Crippen molar-refractivity contribution in [3.63, 3.8) is 0 Å². The summed E-state index contributed by atoms with van der Waals surface area (Å²) in [5.41, 5.74) is -0.190. The van der Waals surface area contributed by atoms with E-state index in [4.69, 9.17) is 4.42 Å². The fourth-order valence-corrected chi connectivity index (χ4v) is 1.52. The Hall–Kier alpha value is -1.30. The van der Waals surface area contributed by atoms with Crippen LogP contribution in [0.4, 0.5) is 0 Å². The second kappa shape index (κ2) is 5.35. The van der Waals surface area contributed by atoms with E-state index in [0.29, 0.717) is 10.9 Å². The third-order valence-corrected chi connectivity index (χ3v) is 2.15. The van der Waals surface area contributed by atoms with Gasteiger partial charge in [0, 0.05) is 29.9 Å². The fraction of sp³-hybridized carbons (Fsp3) is 0.0909. The van der Waals surface area contributed by atoms with E-state index in [1.807, 2.05) is 0 Å². The summed E-state index contributed by atoms with van der Waals surface area (Å²) in [7, 11) is 0. The fourth-order valence-electron chi connectivity index (χ4n) is 1.52. The maximum atomic E-state index is 11.1. The van der Waals surface area contributed by atoms with Crippen LogP contribution in [0, 0.1) is 0 Å². The Morgan fingerprint density at radius 2 is 2.06 bits per heavy atom. The Bertz CT molecular complexity index is 617. The molecule has 0 fully saturated rings. The van der Waals surface area contributed by atoms with E-state index >= 15 is 0 Å². The number of hydrogen-bond acceptors (Lipinski definition) is 5. The molecule has 0 aliphatic heterocycles. The van der Waals surface area contributed by atoms with Crippen molar-refractivity contribution in [1.82, 2.24) is 0 Å². The first kappa shape index (κ1) is 13.8. The van der Waals surface area contributed by atoms with Gasteiger partial charge in [-0.1, -0.05) is 0 Å². The topological polar surface area (TPSA) is 90.6 Å². The first-order chi connectivity index (χ1) is 7.56. The molecule has 1 aromatic heterocycles. The predicted molar refractivity (Wildman–Crippen MR) is 52.9 cm³/mol. The van der Waals surface area contributed by atoms with E-state index in [1.54, 1.807) is 0 Å². The molecule has 2 aromatic rings. The zero-order valence-corrected chi connectivity index (χ0v) is 11.1. The van der Waals surface area contributed by atoms with Crippen molar-refractivity contribution in [2.24, 2.45) is 0 Å². The van der Waals surface area contributed by atoms with Crippen molar-refractivity contribution in [1.29, 1.82) is 0 Å². The van der Waals surface area contributed by atoms with Gasteiger partial charge in [0.05, 0.1) is 0 Å². The number of fused-ring (bicyclic) bond motifs is 1. The Balaban J connectivity index is 0.00000144. The van der Waals surface area contributed by atoms with Gasteiger partial charge in [0.2, 0.25) is 0 Å².